The molecule has 1 atom stereocenters. The van der Waals surface area contributed by atoms with Crippen molar-refractivity contribution in [1.29, 1.82) is 0 Å². The number of aromatic nitrogens is 5. The summed E-state index contributed by atoms with van der Waals surface area (Å²) in [5.74, 6) is 1.92. The molecule has 1 unspecified atom stereocenters. The van der Waals surface area contributed by atoms with Crippen LogP contribution in [0.2, 0.25) is 0 Å². The van der Waals surface area contributed by atoms with E-state index in [4.69, 9.17) is 15.0 Å². The number of para-hydroxylation sites is 3. The SMILES string of the molecule is CC1(c2ccc3c(c2)c2c(-c4cccc(-c5nc(-c6ccccc6)nc(-c6ccccc6)n5)c4)cccc2n3-c2ccccc2)C=Cc2c(n(-c3ccccc3)c3ccccc23)C1. The number of hydrogen-bond donors (Lipinski definition) is 0. The molecule has 0 aliphatic heterocycles. The summed E-state index contributed by atoms with van der Waals surface area (Å²) >= 11 is 0. The number of fused-ring (bicyclic) bond motifs is 6. The van der Waals surface area contributed by atoms with E-state index in [2.05, 4.69) is 174 Å². The highest BCUT2D eigenvalue weighted by Crippen LogP contribution is 2.45. The zero-order valence-corrected chi connectivity index (χ0v) is 34.7. The lowest BCUT2D eigenvalue weighted by molar-refractivity contribution is 0.573. The standard InChI is InChI=1S/C58H41N5/c1-58(35-34-48-47-28-14-15-30-50(47)63(53(48)38-58)45-26-12-5-13-27-45)43-32-33-51-49(37-43)54-46(29-17-31-52(54)62(51)44-24-10-4-11-25-44)41-22-16-23-42(36-41)57-60-55(39-18-6-2-7-19-39)59-56(61-57)40-20-8-3-9-21-40/h2-37H,38H2,1H3. The second kappa shape index (κ2) is 14.8. The summed E-state index contributed by atoms with van der Waals surface area (Å²) in [5.41, 5.74) is 14.6. The third-order valence-corrected chi connectivity index (χ3v) is 12.8. The molecule has 0 fully saturated rings. The van der Waals surface area contributed by atoms with Crippen LogP contribution in [-0.2, 0) is 11.8 Å². The predicted octanol–water partition coefficient (Wildman–Crippen LogP) is 14.1. The van der Waals surface area contributed by atoms with Crippen LogP contribution < -0.4 is 0 Å². The monoisotopic (exact) mass is 807 g/mol. The van der Waals surface area contributed by atoms with Crippen molar-refractivity contribution in [2.75, 3.05) is 0 Å². The number of nitrogens with zero attached hydrogens (tertiary/aromatic N) is 5. The maximum Gasteiger partial charge on any atom is 0.164 e. The van der Waals surface area contributed by atoms with Gasteiger partial charge in [-0.3, -0.25) is 0 Å². The molecule has 1 aliphatic carbocycles. The van der Waals surface area contributed by atoms with Gasteiger partial charge in [-0.15, -0.1) is 0 Å². The third kappa shape index (κ3) is 6.20. The summed E-state index contributed by atoms with van der Waals surface area (Å²) in [7, 11) is 0. The molecule has 8 aromatic carbocycles. The Hall–Kier alpha value is -8.15. The van der Waals surface area contributed by atoms with Crippen molar-refractivity contribution in [1.82, 2.24) is 24.1 Å². The van der Waals surface area contributed by atoms with E-state index < -0.39 is 0 Å². The minimum Gasteiger partial charge on any atom is -0.313 e. The highest BCUT2D eigenvalue weighted by molar-refractivity contribution is 6.16. The summed E-state index contributed by atoms with van der Waals surface area (Å²) in [6.07, 6.45) is 5.66. The molecule has 11 aromatic rings. The van der Waals surface area contributed by atoms with Crippen molar-refractivity contribution < 1.29 is 0 Å². The molecule has 0 radical (unpaired) electrons. The normalized spacial score (nSPS) is 14.7. The highest BCUT2D eigenvalue weighted by atomic mass is 15.0. The number of benzene rings is 8. The van der Waals surface area contributed by atoms with Gasteiger partial charge in [-0.2, -0.15) is 0 Å². The van der Waals surface area contributed by atoms with Crippen LogP contribution in [0.3, 0.4) is 0 Å². The third-order valence-electron chi connectivity index (χ3n) is 12.8. The molecule has 12 rings (SSSR count). The summed E-state index contributed by atoms with van der Waals surface area (Å²) in [5, 5.41) is 3.71. The molecule has 63 heavy (non-hydrogen) atoms. The van der Waals surface area contributed by atoms with E-state index in [0.717, 1.165) is 45.4 Å². The van der Waals surface area contributed by atoms with Gasteiger partial charge in [0.15, 0.2) is 17.5 Å². The molecule has 0 N–H and O–H groups in total. The Balaban J connectivity index is 1.03. The van der Waals surface area contributed by atoms with E-state index in [9.17, 15) is 0 Å². The Kier molecular flexibility index (Phi) is 8.61. The van der Waals surface area contributed by atoms with Gasteiger partial charge in [-0.1, -0.05) is 171 Å². The van der Waals surface area contributed by atoms with E-state index in [1.807, 2.05) is 60.7 Å². The topological polar surface area (TPSA) is 48.5 Å². The van der Waals surface area contributed by atoms with Crippen molar-refractivity contribution in [3.05, 3.63) is 229 Å². The Labute approximate surface area is 366 Å². The molecule has 1 aliphatic rings. The van der Waals surface area contributed by atoms with Crippen LogP contribution in [0.1, 0.15) is 23.7 Å². The molecule has 0 amide bonds. The minimum absolute atomic E-state index is 0.260. The van der Waals surface area contributed by atoms with Crippen LogP contribution in [0.5, 0.6) is 0 Å². The zero-order valence-electron chi connectivity index (χ0n) is 34.7. The predicted molar refractivity (Wildman–Crippen MR) is 259 cm³/mol. The van der Waals surface area contributed by atoms with Crippen LogP contribution >= 0.6 is 0 Å². The van der Waals surface area contributed by atoms with E-state index in [-0.39, 0.29) is 5.41 Å². The lowest BCUT2D eigenvalue weighted by Gasteiger charge is -2.31. The van der Waals surface area contributed by atoms with Crippen molar-refractivity contribution in [3.63, 3.8) is 0 Å². The second-order valence-corrected chi connectivity index (χ2v) is 16.7. The number of hydrogen-bond acceptors (Lipinski definition) is 3. The van der Waals surface area contributed by atoms with Gasteiger partial charge in [0.1, 0.15) is 0 Å². The van der Waals surface area contributed by atoms with Crippen molar-refractivity contribution >= 4 is 38.8 Å². The smallest absolute Gasteiger partial charge is 0.164 e. The zero-order chi connectivity index (χ0) is 41.9. The largest absolute Gasteiger partial charge is 0.313 e. The molecule has 5 nitrogen and oxygen atoms in total. The maximum atomic E-state index is 5.08. The van der Waals surface area contributed by atoms with Crippen molar-refractivity contribution in [2.45, 2.75) is 18.8 Å². The summed E-state index contributed by atoms with van der Waals surface area (Å²) in [4.78, 5) is 15.1. The molecule has 3 heterocycles. The molecule has 3 aromatic heterocycles. The van der Waals surface area contributed by atoms with Gasteiger partial charge in [0, 0.05) is 67.3 Å². The van der Waals surface area contributed by atoms with Crippen molar-refractivity contribution in [2.24, 2.45) is 0 Å². The first-order valence-corrected chi connectivity index (χ1v) is 21.6. The number of rotatable bonds is 7. The Bertz CT molecular complexity index is 3470. The van der Waals surface area contributed by atoms with Crippen LogP contribution in [0.25, 0.3) is 95.5 Å². The summed E-state index contributed by atoms with van der Waals surface area (Å²) in [6, 6.07) is 73.1. The maximum absolute atomic E-state index is 5.08. The fraction of sp³-hybridized carbons (Fsp3) is 0.0517. The van der Waals surface area contributed by atoms with Crippen LogP contribution in [0.15, 0.2) is 212 Å². The first kappa shape index (κ1) is 36.7. The average Bonchev–Trinajstić information content (AvgIpc) is 3.87. The number of allylic oxidation sites excluding steroid dienone is 1. The van der Waals surface area contributed by atoms with Gasteiger partial charge in [0.25, 0.3) is 0 Å². The Morgan fingerprint density at radius 3 is 1.63 bits per heavy atom. The molecular formula is C58H41N5. The first-order chi connectivity index (χ1) is 31.1. The minimum atomic E-state index is -0.260. The van der Waals surface area contributed by atoms with Crippen molar-refractivity contribution in [3.8, 4) is 56.7 Å². The van der Waals surface area contributed by atoms with Gasteiger partial charge >= 0.3 is 0 Å². The van der Waals surface area contributed by atoms with Gasteiger partial charge in [-0.25, -0.2) is 15.0 Å². The van der Waals surface area contributed by atoms with E-state index >= 15 is 0 Å². The van der Waals surface area contributed by atoms with Gasteiger partial charge in [0.05, 0.1) is 16.6 Å². The molecule has 0 saturated carbocycles. The highest BCUT2D eigenvalue weighted by Gasteiger charge is 2.33. The van der Waals surface area contributed by atoms with Crippen LogP contribution in [0.4, 0.5) is 0 Å². The quantitative estimate of drug-likeness (QED) is 0.161. The molecule has 0 saturated heterocycles. The van der Waals surface area contributed by atoms with E-state index in [1.165, 1.54) is 49.7 Å². The lowest BCUT2D eigenvalue weighted by atomic mass is 9.74. The van der Waals surface area contributed by atoms with Crippen LogP contribution in [0, 0.1) is 0 Å². The van der Waals surface area contributed by atoms with Crippen LogP contribution in [-0.4, -0.2) is 24.1 Å². The first-order valence-electron chi connectivity index (χ1n) is 21.6. The average molecular weight is 808 g/mol. The fourth-order valence-corrected chi connectivity index (χ4v) is 9.71. The molecule has 5 heteroatoms. The van der Waals surface area contributed by atoms with E-state index in [1.54, 1.807) is 0 Å². The Morgan fingerprint density at radius 2 is 0.952 bits per heavy atom. The van der Waals surface area contributed by atoms with Gasteiger partial charge in [-0.05, 0) is 71.3 Å². The fourth-order valence-electron chi connectivity index (χ4n) is 9.71. The molecule has 298 valence electrons. The molecular weight excluding hydrogens is 767 g/mol. The molecule has 0 bridgehead atoms. The summed E-state index contributed by atoms with van der Waals surface area (Å²) in [6.45, 7) is 2.39. The molecule has 0 spiro atoms. The van der Waals surface area contributed by atoms with Gasteiger partial charge < -0.3 is 9.13 Å². The van der Waals surface area contributed by atoms with E-state index in [0.29, 0.717) is 17.5 Å². The lowest BCUT2D eigenvalue weighted by Crippen LogP contribution is -2.26. The van der Waals surface area contributed by atoms with Gasteiger partial charge in [0.2, 0.25) is 0 Å². The summed E-state index contributed by atoms with van der Waals surface area (Å²) < 4.78 is 4.88. The Morgan fingerprint density at radius 1 is 0.429 bits per heavy atom. The second-order valence-electron chi connectivity index (χ2n) is 16.7.